The maximum absolute atomic E-state index is 13.2. The van der Waals surface area contributed by atoms with Gasteiger partial charge in [0.25, 0.3) is 0 Å². The van der Waals surface area contributed by atoms with Gasteiger partial charge in [0.15, 0.2) is 0 Å². The third-order valence-corrected chi connectivity index (χ3v) is 6.34. The van der Waals surface area contributed by atoms with Crippen LogP contribution in [-0.2, 0) is 17.6 Å². The molecule has 30 heavy (non-hydrogen) atoms. The molecule has 0 saturated carbocycles. The van der Waals surface area contributed by atoms with E-state index in [1.165, 1.54) is 16.7 Å². The molecular weight excluding hydrogens is 364 g/mol. The van der Waals surface area contributed by atoms with Gasteiger partial charge in [-0.15, -0.1) is 0 Å². The van der Waals surface area contributed by atoms with E-state index in [2.05, 4.69) is 80.6 Å². The number of rotatable bonds is 10. The SMILES string of the molecule is CC(C)=CCCC1=CCC(C(=O)CCc2ccccc2)C(CCc2ccccc2)C1. The van der Waals surface area contributed by atoms with E-state index < -0.39 is 0 Å². The number of allylic oxidation sites excluding steroid dienone is 4. The molecule has 0 bridgehead atoms. The smallest absolute Gasteiger partial charge is 0.136 e. The van der Waals surface area contributed by atoms with Crippen molar-refractivity contribution in [3.63, 3.8) is 0 Å². The van der Waals surface area contributed by atoms with Gasteiger partial charge in [-0.05, 0) is 75.8 Å². The van der Waals surface area contributed by atoms with E-state index in [1.807, 2.05) is 6.07 Å². The van der Waals surface area contributed by atoms with Crippen molar-refractivity contribution in [3.05, 3.63) is 95.1 Å². The molecule has 158 valence electrons. The second kappa shape index (κ2) is 11.7. The zero-order valence-corrected chi connectivity index (χ0v) is 18.6. The Labute approximate surface area is 182 Å². The first kappa shape index (κ1) is 22.3. The van der Waals surface area contributed by atoms with Gasteiger partial charge in [-0.1, -0.05) is 84.0 Å². The summed E-state index contributed by atoms with van der Waals surface area (Å²) in [5.74, 6) is 1.11. The lowest BCUT2D eigenvalue weighted by molar-refractivity contribution is -0.124. The number of hydrogen-bond donors (Lipinski definition) is 0. The Morgan fingerprint density at radius 2 is 1.53 bits per heavy atom. The summed E-state index contributed by atoms with van der Waals surface area (Å²) in [6, 6.07) is 21.1. The van der Waals surface area contributed by atoms with E-state index in [1.54, 1.807) is 5.57 Å². The second-order valence-electron chi connectivity index (χ2n) is 8.97. The van der Waals surface area contributed by atoms with E-state index in [9.17, 15) is 4.79 Å². The summed E-state index contributed by atoms with van der Waals surface area (Å²) in [6.45, 7) is 4.33. The molecule has 2 atom stereocenters. The van der Waals surface area contributed by atoms with Gasteiger partial charge in [0.2, 0.25) is 0 Å². The highest BCUT2D eigenvalue weighted by Gasteiger charge is 2.30. The van der Waals surface area contributed by atoms with Crippen LogP contribution in [0, 0.1) is 11.8 Å². The predicted molar refractivity (Wildman–Crippen MR) is 127 cm³/mol. The standard InChI is InChI=1S/C29H36O/c1-23(2)10-9-15-26-17-20-28(29(30)21-18-25-13-7-4-8-14-25)27(22-26)19-16-24-11-5-3-6-12-24/h3-8,10-14,17,27-28H,9,15-16,18-22H2,1-2H3. The average Bonchev–Trinajstić information content (AvgIpc) is 2.77. The molecule has 1 heteroatoms. The lowest BCUT2D eigenvalue weighted by Crippen LogP contribution is -2.27. The summed E-state index contributed by atoms with van der Waals surface area (Å²) < 4.78 is 0. The topological polar surface area (TPSA) is 17.1 Å². The lowest BCUT2D eigenvalue weighted by atomic mass is 9.73. The molecule has 0 heterocycles. The highest BCUT2D eigenvalue weighted by molar-refractivity contribution is 5.82. The minimum atomic E-state index is 0.185. The van der Waals surface area contributed by atoms with E-state index in [0.29, 0.717) is 18.1 Å². The van der Waals surface area contributed by atoms with Crippen LogP contribution < -0.4 is 0 Å². The van der Waals surface area contributed by atoms with E-state index in [4.69, 9.17) is 0 Å². The van der Waals surface area contributed by atoms with Crippen LogP contribution in [0.15, 0.2) is 84.0 Å². The molecule has 0 amide bonds. The van der Waals surface area contributed by atoms with Crippen LogP contribution >= 0.6 is 0 Å². The van der Waals surface area contributed by atoms with Gasteiger partial charge in [-0.2, -0.15) is 0 Å². The number of aryl methyl sites for hydroxylation is 2. The Kier molecular flexibility index (Phi) is 8.68. The number of hydrogen-bond acceptors (Lipinski definition) is 1. The van der Waals surface area contributed by atoms with Crippen molar-refractivity contribution < 1.29 is 4.79 Å². The van der Waals surface area contributed by atoms with Gasteiger partial charge in [0.1, 0.15) is 5.78 Å². The molecule has 3 rings (SSSR count). The van der Waals surface area contributed by atoms with Gasteiger partial charge < -0.3 is 0 Å². The van der Waals surface area contributed by atoms with Crippen molar-refractivity contribution in [2.75, 3.05) is 0 Å². The van der Waals surface area contributed by atoms with Gasteiger partial charge in [-0.25, -0.2) is 0 Å². The van der Waals surface area contributed by atoms with E-state index in [0.717, 1.165) is 44.9 Å². The van der Waals surface area contributed by atoms with Crippen LogP contribution in [0.5, 0.6) is 0 Å². The molecule has 2 unspecified atom stereocenters. The van der Waals surface area contributed by atoms with Crippen LogP contribution in [-0.4, -0.2) is 5.78 Å². The van der Waals surface area contributed by atoms with E-state index in [-0.39, 0.29) is 5.92 Å². The van der Waals surface area contributed by atoms with Crippen LogP contribution in [0.2, 0.25) is 0 Å². The third kappa shape index (κ3) is 7.13. The fraction of sp³-hybridized carbons (Fsp3) is 0.414. The maximum atomic E-state index is 13.2. The number of carbonyl (C=O) groups excluding carboxylic acids is 1. The van der Waals surface area contributed by atoms with Crippen LogP contribution in [0.1, 0.15) is 63.5 Å². The number of carbonyl (C=O) groups is 1. The number of benzene rings is 2. The van der Waals surface area contributed by atoms with Gasteiger partial charge >= 0.3 is 0 Å². The fourth-order valence-electron chi connectivity index (χ4n) is 4.59. The monoisotopic (exact) mass is 400 g/mol. The zero-order valence-electron chi connectivity index (χ0n) is 18.6. The maximum Gasteiger partial charge on any atom is 0.136 e. The van der Waals surface area contributed by atoms with Crippen molar-refractivity contribution in [2.24, 2.45) is 11.8 Å². The highest BCUT2D eigenvalue weighted by atomic mass is 16.1. The summed E-state index contributed by atoms with van der Waals surface area (Å²) in [6.07, 6.45) is 12.7. The van der Waals surface area contributed by atoms with Crippen molar-refractivity contribution in [2.45, 2.75) is 65.2 Å². The van der Waals surface area contributed by atoms with Crippen LogP contribution in [0.3, 0.4) is 0 Å². The largest absolute Gasteiger partial charge is 0.299 e. The Hall–Kier alpha value is -2.41. The number of ketones is 1. The van der Waals surface area contributed by atoms with Gasteiger partial charge in [-0.3, -0.25) is 4.79 Å². The molecule has 1 aliphatic rings. The summed E-state index contributed by atoms with van der Waals surface area (Å²) >= 11 is 0. The first-order chi connectivity index (χ1) is 14.6. The van der Waals surface area contributed by atoms with Crippen molar-refractivity contribution in [1.82, 2.24) is 0 Å². The lowest BCUT2D eigenvalue weighted by Gasteiger charge is -2.31. The first-order valence-electron chi connectivity index (χ1n) is 11.5. The molecule has 2 aromatic carbocycles. The van der Waals surface area contributed by atoms with Gasteiger partial charge in [0.05, 0.1) is 0 Å². The first-order valence-corrected chi connectivity index (χ1v) is 11.5. The summed E-state index contributed by atoms with van der Waals surface area (Å²) in [4.78, 5) is 13.2. The average molecular weight is 401 g/mol. The summed E-state index contributed by atoms with van der Waals surface area (Å²) in [5.41, 5.74) is 5.59. The minimum Gasteiger partial charge on any atom is -0.299 e. The quantitative estimate of drug-likeness (QED) is 0.377. The van der Waals surface area contributed by atoms with Crippen molar-refractivity contribution in [3.8, 4) is 0 Å². The molecule has 0 saturated heterocycles. The predicted octanol–water partition coefficient (Wildman–Crippen LogP) is 7.52. The molecule has 0 aliphatic heterocycles. The minimum absolute atomic E-state index is 0.185. The van der Waals surface area contributed by atoms with Crippen LogP contribution in [0.4, 0.5) is 0 Å². The number of Topliss-reactive ketones (excluding diaryl/α,β-unsaturated/α-hetero) is 1. The van der Waals surface area contributed by atoms with Gasteiger partial charge in [0, 0.05) is 12.3 Å². The molecule has 2 aromatic rings. The Morgan fingerprint density at radius 1 is 0.900 bits per heavy atom. The summed E-state index contributed by atoms with van der Waals surface area (Å²) in [5, 5.41) is 0. The van der Waals surface area contributed by atoms with E-state index >= 15 is 0 Å². The normalized spacial score (nSPS) is 18.5. The molecule has 0 spiro atoms. The van der Waals surface area contributed by atoms with Crippen molar-refractivity contribution in [1.29, 1.82) is 0 Å². The Morgan fingerprint density at radius 3 is 2.17 bits per heavy atom. The van der Waals surface area contributed by atoms with Crippen LogP contribution in [0.25, 0.3) is 0 Å². The molecular formula is C29H36O. The Bertz CT molecular complexity index is 840. The molecule has 0 aromatic heterocycles. The second-order valence-corrected chi connectivity index (χ2v) is 8.97. The molecule has 1 aliphatic carbocycles. The molecule has 0 radical (unpaired) electrons. The molecule has 0 fully saturated rings. The molecule has 0 N–H and O–H groups in total. The zero-order chi connectivity index (χ0) is 21.2. The Balaban J connectivity index is 1.63. The van der Waals surface area contributed by atoms with Crippen molar-refractivity contribution >= 4 is 5.78 Å². The highest BCUT2D eigenvalue weighted by Crippen LogP contribution is 2.36. The fourth-order valence-corrected chi connectivity index (χ4v) is 4.59. The molecule has 1 nitrogen and oxygen atoms in total. The third-order valence-electron chi connectivity index (χ3n) is 6.34. The summed E-state index contributed by atoms with van der Waals surface area (Å²) in [7, 11) is 0.